The smallest absolute Gasteiger partial charge is 0.353 e. The largest absolute Gasteiger partial charge is 0.477 e. The number of H-pyrrole nitrogens is 1. The fourth-order valence-electron chi connectivity index (χ4n) is 4.99. The van der Waals surface area contributed by atoms with Crippen LogP contribution in [-0.4, -0.2) is 25.6 Å². The molecule has 8 heteroatoms. The number of rotatable bonds is 4. The van der Waals surface area contributed by atoms with E-state index in [0.29, 0.717) is 16.5 Å². The fraction of sp³-hybridized carbons (Fsp3) is 0.107. The van der Waals surface area contributed by atoms with E-state index in [4.69, 9.17) is 4.42 Å². The van der Waals surface area contributed by atoms with Gasteiger partial charge in [-0.15, -0.1) is 0 Å². The van der Waals surface area contributed by atoms with Crippen LogP contribution in [0, 0.1) is 19.7 Å². The van der Waals surface area contributed by atoms with Crippen LogP contribution in [0.2, 0.25) is 0 Å². The number of benzene rings is 2. The van der Waals surface area contributed by atoms with E-state index in [1.165, 1.54) is 23.1 Å². The maximum Gasteiger partial charge on any atom is 0.353 e. The average molecular weight is 481 g/mol. The summed E-state index contributed by atoms with van der Waals surface area (Å²) in [5.74, 6) is -1.77. The lowest BCUT2D eigenvalue weighted by atomic mass is 10.0. The van der Waals surface area contributed by atoms with Crippen LogP contribution in [-0.2, 0) is 6.54 Å². The lowest BCUT2D eigenvalue weighted by Crippen LogP contribution is -2.14. The SMILES string of the molecule is Cc1nc2ccccc2cc1Cn1c(C(=O)O)c(-c2ccc[nH]c2=O)c2c3occ(C)c3c(F)cc21. The minimum atomic E-state index is -1.24. The highest BCUT2D eigenvalue weighted by Gasteiger charge is 2.29. The van der Waals surface area contributed by atoms with E-state index in [-0.39, 0.29) is 34.3 Å². The first-order valence-corrected chi connectivity index (χ1v) is 11.3. The number of carboxylic acid groups (broad SMARTS) is 1. The number of para-hydroxylation sites is 1. The summed E-state index contributed by atoms with van der Waals surface area (Å²) in [5, 5.41) is 11.9. The van der Waals surface area contributed by atoms with Gasteiger partial charge in [-0.05, 0) is 55.3 Å². The van der Waals surface area contributed by atoms with Gasteiger partial charge in [0, 0.05) is 22.8 Å². The number of carbonyl (C=O) groups is 1. The Bertz CT molecular complexity index is 1910. The molecule has 0 bridgehead atoms. The number of aromatic amines is 1. The minimum absolute atomic E-state index is 0.108. The van der Waals surface area contributed by atoms with Gasteiger partial charge in [0.25, 0.3) is 5.56 Å². The Hall–Kier alpha value is -4.72. The van der Waals surface area contributed by atoms with Crippen LogP contribution in [0.25, 0.3) is 43.9 Å². The molecule has 4 aromatic heterocycles. The second-order valence-electron chi connectivity index (χ2n) is 8.83. The maximum atomic E-state index is 15.3. The average Bonchev–Trinajstić information content (AvgIpc) is 3.38. The van der Waals surface area contributed by atoms with Crippen molar-refractivity contribution in [2.75, 3.05) is 0 Å². The number of nitrogens with zero attached hydrogens (tertiary/aromatic N) is 2. The number of furan rings is 1. The van der Waals surface area contributed by atoms with Gasteiger partial charge in [0.05, 0.1) is 40.2 Å². The predicted molar refractivity (Wildman–Crippen MR) is 135 cm³/mol. The molecular formula is C28H20FN3O4. The van der Waals surface area contributed by atoms with Crippen LogP contribution in [0.1, 0.15) is 27.3 Å². The first-order chi connectivity index (χ1) is 17.3. The third kappa shape index (κ3) is 3.15. The molecule has 0 aliphatic rings. The molecule has 0 atom stereocenters. The number of aromatic nitrogens is 3. The zero-order chi connectivity index (χ0) is 25.1. The van der Waals surface area contributed by atoms with Gasteiger partial charge in [0.15, 0.2) is 0 Å². The molecule has 0 radical (unpaired) electrons. The second-order valence-corrected chi connectivity index (χ2v) is 8.83. The lowest BCUT2D eigenvalue weighted by Gasteiger charge is -2.12. The number of halogens is 1. The first-order valence-electron chi connectivity index (χ1n) is 11.3. The molecule has 6 aromatic rings. The van der Waals surface area contributed by atoms with Crippen molar-refractivity contribution in [2.24, 2.45) is 0 Å². The summed E-state index contributed by atoms with van der Waals surface area (Å²) in [6, 6.07) is 14.1. The van der Waals surface area contributed by atoms with Crippen LogP contribution in [0.5, 0.6) is 0 Å². The molecule has 0 saturated heterocycles. The highest BCUT2D eigenvalue weighted by Crippen LogP contribution is 2.41. The number of hydrogen-bond acceptors (Lipinski definition) is 4. The number of hydrogen-bond donors (Lipinski definition) is 2. The zero-order valence-corrected chi connectivity index (χ0v) is 19.4. The summed E-state index contributed by atoms with van der Waals surface area (Å²) in [7, 11) is 0. The van der Waals surface area contributed by atoms with Gasteiger partial charge < -0.3 is 19.1 Å². The number of nitrogens with one attached hydrogen (secondary N) is 1. The Morgan fingerprint density at radius 2 is 1.94 bits per heavy atom. The first kappa shape index (κ1) is 21.8. The van der Waals surface area contributed by atoms with Crippen molar-refractivity contribution in [1.29, 1.82) is 0 Å². The molecule has 4 heterocycles. The number of carboxylic acids is 1. The van der Waals surface area contributed by atoms with E-state index in [1.54, 1.807) is 19.1 Å². The summed E-state index contributed by atoms with van der Waals surface area (Å²) in [6.45, 7) is 3.68. The molecule has 178 valence electrons. The van der Waals surface area contributed by atoms with E-state index < -0.39 is 17.3 Å². The molecule has 0 amide bonds. The van der Waals surface area contributed by atoms with Crippen molar-refractivity contribution >= 4 is 38.7 Å². The summed E-state index contributed by atoms with van der Waals surface area (Å²) in [4.78, 5) is 32.9. The van der Waals surface area contributed by atoms with Crippen LogP contribution in [0.4, 0.5) is 4.39 Å². The maximum absolute atomic E-state index is 15.3. The Morgan fingerprint density at radius 1 is 1.14 bits per heavy atom. The monoisotopic (exact) mass is 481 g/mol. The second kappa shape index (κ2) is 7.91. The normalized spacial score (nSPS) is 11.6. The molecule has 0 aliphatic carbocycles. The third-order valence-corrected chi connectivity index (χ3v) is 6.65. The van der Waals surface area contributed by atoms with Crippen LogP contribution in [0.3, 0.4) is 0 Å². The Morgan fingerprint density at radius 3 is 2.72 bits per heavy atom. The minimum Gasteiger partial charge on any atom is -0.477 e. The number of pyridine rings is 2. The summed E-state index contributed by atoms with van der Waals surface area (Å²) in [5.41, 5.74) is 3.19. The lowest BCUT2D eigenvalue weighted by molar-refractivity contribution is 0.0687. The van der Waals surface area contributed by atoms with E-state index in [0.717, 1.165) is 22.2 Å². The van der Waals surface area contributed by atoms with E-state index in [9.17, 15) is 14.7 Å². The molecule has 0 spiro atoms. The zero-order valence-electron chi connectivity index (χ0n) is 19.4. The van der Waals surface area contributed by atoms with Gasteiger partial charge in [-0.2, -0.15) is 0 Å². The Labute approximate surface area is 203 Å². The fourth-order valence-corrected chi connectivity index (χ4v) is 4.99. The molecule has 0 aliphatic heterocycles. The summed E-state index contributed by atoms with van der Waals surface area (Å²) >= 11 is 0. The van der Waals surface area contributed by atoms with Crippen LogP contribution >= 0.6 is 0 Å². The van der Waals surface area contributed by atoms with Gasteiger partial charge in [-0.25, -0.2) is 9.18 Å². The molecule has 36 heavy (non-hydrogen) atoms. The van der Waals surface area contributed by atoms with Gasteiger partial charge in [-0.1, -0.05) is 18.2 Å². The quantitative estimate of drug-likeness (QED) is 0.332. The molecule has 0 unspecified atom stereocenters. The highest BCUT2D eigenvalue weighted by molar-refractivity contribution is 6.17. The van der Waals surface area contributed by atoms with Crippen molar-refractivity contribution in [2.45, 2.75) is 20.4 Å². The van der Waals surface area contributed by atoms with Crippen LogP contribution in [0.15, 0.2) is 70.2 Å². The topological polar surface area (TPSA) is 101 Å². The number of fused-ring (bicyclic) bond motifs is 4. The molecule has 0 saturated carbocycles. The Kier molecular flexibility index (Phi) is 4.79. The van der Waals surface area contributed by atoms with Gasteiger partial charge >= 0.3 is 5.97 Å². The van der Waals surface area contributed by atoms with Crippen molar-refractivity contribution < 1.29 is 18.7 Å². The van der Waals surface area contributed by atoms with Crippen molar-refractivity contribution in [1.82, 2.24) is 14.5 Å². The molecule has 6 rings (SSSR count). The number of aromatic carboxylic acids is 1. The molecule has 7 nitrogen and oxygen atoms in total. The highest BCUT2D eigenvalue weighted by atomic mass is 19.1. The predicted octanol–water partition coefficient (Wildman–Crippen LogP) is 5.79. The standard InChI is InChI=1S/C28H20FN3O4/c1-14-13-36-26-22(14)19(29)11-21-24(26)23(18-7-5-9-30-27(18)33)25(28(34)35)32(21)12-17-10-16-6-3-4-8-20(16)31-15(17)2/h3-11,13H,12H2,1-2H3,(H,30,33)(H,34,35). The molecular weight excluding hydrogens is 461 g/mol. The van der Waals surface area contributed by atoms with E-state index in [1.807, 2.05) is 37.3 Å². The van der Waals surface area contributed by atoms with Gasteiger partial charge in [0.1, 0.15) is 17.1 Å². The molecule has 2 aromatic carbocycles. The van der Waals surface area contributed by atoms with Crippen LogP contribution < -0.4 is 5.56 Å². The summed E-state index contributed by atoms with van der Waals surface area (Å²) < 4.78 is 22.6. The van der Waals surface area contributed by atoms with Gasteiger partial charge in [0.2, 0.25) is 0 Å². The molecule has 2 N–H and O–H groups in total. The van der Waals surface area contributed by atoms with Gasteiger partial charge in [-0.3, -0.25) is 9.78 Å². The Balaban J connectivity index is 1.75. The van der Waals surface area contributed by atoms with E-state index in [2.05, 4.69) is 9.97 Å². The number of aryl methyl sites for hydroxylation is 2. The van der Waals surface area contributed by atoms with Crippen molar-refractivity contribution in [3.8, 4) is 11.1 Å². The van der Waals surface area contributed by atoms with Crippen molar-refractivity contribution in [3.63, 3.8) is 0 Å². The third-order valence-electron chi connectivity index (χ3n) is 6.65. The molecule has 0 fully saturated rings. The van der Waals surface area contributed by atoms with E-state index >= 15 is 4.39 Å². The summed E-state index contributed by atoms with van der Waals surface area (Å²) in [6.07, 6.45) is 2.91. The van der Waals surface area contributed by atoms with Crippen molar-refractivity contribution in [3.05, 3.63) is 99.7 Å².